The van der Waals surface area contributed by atoms with Crippen molar-refractivity contribution in [3.8, 4) is 11.1 Å². The molecule has 10 heteroatoms. The van der Waals surface area contributed by atoms with Crippen molar-refractivity contribution in [2.45, 2.75) is 13.3 Å². The highest BCUT2D eigenvalue weighted by atomic mass is 32.1. The summed E-state index contributed by atoms with van der Waals surface area (Å²) >= 11 is 1.63. The normalized spacial score (nSPS) is 10.9. The van der Waals surface area contributed by atoms with Crippen molar-refractivity contribution in [3.63, 3.8) is 0 Å². The molecule has 27 heavy (non-hydrogen) atoms. The topological polar surface area (TPSA) is 121 Å². The number of benzene rings is 1. The lowest BCUT2D eigenvalue weighted by atomic mass is 10.0. The molecule has 0 radical (unpaired) electrons. The Morgan fingerprint density at radius 1 is 1.22 bits per heavy atom. The highest BCUT2D eigenvalue weighted by Crippen LogP contribution is 2.40. The molecule has 3 aromatic heterocycles. The summed E-state index contributed by atoms with van der Waals surface area (Å²) in [7, 11) is 0. The van der Waals surface area contributed by atoms with Crippen LogP contribution in [-0.4, -0.2) is 43.0 Å². The smallest absolute Gasteiger partial charge is 0.269 e. The molecule has 0 spiro atoms. The fourth-order valence-electron chi connectivity index (χ4n) is 2.83. The molecule has 4 rings (SSSR count). The van der Waals surface area contributed by atoms with E-state index in [0.717, 1.165) is 27.2 Å². The van der Waals surface area contributed by atoms with Crippen LogP contribution in [0.2, 0.25) is 0 Å². The van der Waals surface area contributed by atoms with Crippen molar-refractivity contribution in [2.75, 3.05) is 17.2 Å². The number of rotatable bonds is 6. The molecule has 0 saturated carbocycles. The summed E-state index contributed by atoms with van der Waals surface area (Å²) in [5, 5.41) is 19.9. The van der Waals surface area contributed by atoms with E-state index < -0.39 is 0 Å². The van der Waals surface area contributed by atoms with E-state index in [1.807, 2.05) is 18.2 Å². The van der Waals surface area contributed by atoms with Gasteiger partial charge in [-0.05, 0) is 17.7 Å². The minimum Gasteiger partial charge on any atom is -0.369 e. The van der Waals surface area contributed by atoms with Crippen LogP contribution in [0.25, 0.3) is 21.3 Å². The molecule has 3 N–H and O–H groups in total. The van der Waals surface area contributed by atoms with Gasteiger partial charge in [0.15, 0.2) is 0 Å². The number of anilines is 2. The van der Waals surface area contributed by atoms with E-state index in [2.05, 4.69) is 60.3 Å². The minimum absolute atomic E-state index is 0.157. The minimum atomic E-state index is -0.209. The number of thiophene rings is 1. The van der Waals surface area contributed by atoms with Gasteiger partial charge in [0, 0.05) is 23.4 Å². The van der Waals surface area contributed by atoms with Crippen LogP contribution < -0.4 is 10.6 Å². The van der Waals surface area contributed by atoms with E-state index in [0.29, 0.717) is 6.54 Å². The first-order valence-electron chi connectivity index (χ1n) is 8.29. The molecular weight excluding hydrogens is 364 g/mol. The van der Waals surface area contributed by atoms with Crippen LogP contribution in [0.15, 0.2) is 36.7 Å². The third-order valence-corrected chi connectivity index (χ3v) is 4.98. The molecule has 1 amide bonds. The number of aromatic nitrogens is 6. The number of carbonyl (C=O) groups excluding carboxylic acids is 1. The fourth-order valence-corrected chi connectivity index (χ4v) is 3.84. The number of carbonyl (C=O) groups is 1. The number of aromatic amines is 1. The number of H-pyrrole nitrogens is 1. The Balaban J connectivity index is 1.54. The van der Waals surface area contributed by atoms with Crippen LogP contribution in [0.5, 0.6) is 0 Å². The molecule has 0 bridgehead atoms. The first kappa shape index (κ1) is 17.0. The van der Waals surface area contributed by atoms with Crippen molar-refractivity contribution in [1.29, 1.82) is 0 Å². The fraction of sp³-hybridized carbons (Fsp3) is 0.176. The standard InChI is InChI=1S/C17H16N8OS/c1-10-13(11-5-3-2-4-6-11)14-15(19-9-20-16(14)27-10)18-8-7-12(26)21-17-22-24-25-23-17/h2-6,9H,7-8H2,1H3,(H,18,19,20)(H2,21,22,23,24,25,26). The number of aryl methyl sites for hydroxylation is 1. The van der Waals surface area contributed by atoms with E-state index in [9.17, 15) is 4.79 Å². The molecule has 0 aliphatic rings. The van der Waals surface area contributed by atoms with E-state index in [-0.39, 0.29) is 18.3 Å². The van der Waals surface area contributed by atoms with E-state index in [1.165, 1.54) is 11.2 Å². The van der Waals surface area contributed by atoms with Gasteiger partial charge in [0.1, 0.15) is 17.0 Å². The summed E-state index contributed by atoms with van der Waals surface area (Å²) in [5.74, 6) is 0.666. The lowest BCUT2D eigenvalue weighted by Gasteiger charge is -2.08. The lowest BCUT2D eigenvalue weighted by molar-refractivity contribution is -0.116. The van der Waals surface area contributed by atoms with Gasteiger partial charge in [-0.3, -0.25) is 10.1 Å². The van der Waals surface area contributed by atoms with Gasteiger partial charge in [0.2, 0.25) is 5.91 Å². The van der Waals surface area contributed by atoms with Crippen LogP contribution in [0.1, 0.15) is 11.3 Å². The van der Waals surface area contributed by atoms with E-state index >= 15 is 0 Å². The zero-order chi connectivity index (χ0) is 18.6. The molecule has 3 heterocycles. The highest BCUT2D eigenvalue weighted by molar-refractivity contribution is 7.19. The van der Waals surface area contributed by atoms with Crippen LogP contribution in [-0.2, 0) is 4.79 Å². The Morgan fingerprint density at radius 2 is 2.07 bits per heavy atom. The Bertz CT molecular complexity index is 1060. The molecule has 0 fully saturated rings. The van der Waals surface area contributed by atoms with Crippen molar-refractivity contribution in [2.24, 2.45) is 0 Å². The highest BCUT2D eigenvalue weighted by Gasteiger charge is 2.16. The monoisotopic (exact) mass is 380 g/mol. The van der Waals surface area contributed by atoms with Gasteiger partial charge in [-0.1, -0.05) is 35.4 Å². The Labute approximate surface area is 158 Å². The maximum Gasteiger partial charge on any atom is 0.269 e. The summed E-state index contributed by atoms with van der Waals surface area (Å²) in [6.45, 7) is 2.50. The Hall–Kier alpha value is -3.40. The largest absolute Gasteiger partial charge is 0.369 e. The molecule has 9 nitrogen and oxygen atoms in total. The number of nitrogens with zero attached hydrogens (tertiary/aromatic N) is 5. The summed E-state index contributed by atoms with van der Waals surface area (Å²) in [6, 6.07) is 10.2. The van der Waals surface area contributed by atoms with Crippen LogP contribution in [0, 0.1) is 6.92 Å². The number of tetrazole rings is 1. The zero-order valence-corrected chi connectivity index (χ0v) is 15.2. The van der Waals surface area contributed by atoms with Crippen molar-refractivity contribution < 1.29 is 4.79 Å². The second-order valence-electron chi connectivity index (χ2n) is 5.76. The molecule has 0 unspecified atom stereocenters. The summed E-state index contributed by atoms with van der Waals surface area (Å²) in [6.07, 6.45) is 1.78. The average molecular weight is 380 g/mol. The maximum atomic E-state index is 12.0. The molecular formula is C17H16N8OS. The Morgan fingerprint density at radius 3 is 2.85 bits per heavy atom. The first-order valence-corrected chi connectivity index (χ1v) is 9.10. The predicted molar refractivity (Wildman–Crippen MR) is 104 cm³/mol. The number of fused-ring (bicyclic) bond motifs is 1. The number of nitrogens with one attached hydrogen (secondary N) is 3. The van der Waals surface area contributed by atoms with Crippen LogP contribution >= 0.6 is 11.3 Å². The molecule has 136 valence electrons. The number of hydrogen-bond donors (Lipinski definition) is 3. The summed E-state index contributed by atoms with van der Waals surface area (Å²) in [5.41, 5.74) is 2.24. The average Bonchev–Trinajstić information content (AvgIpc) is 3.29. The first-order chi connectivity index (χ1) is 13.2. The van der Waals surface area contributed by atoms with Gasteiger partial charge in [0.05, 0.1) is 5.39 Å². The van der Waals surface area contributed by atoms with Crippen molar-refractivity contribution in [3.05, 3.63) is 41.5 Å². The Kier molecular flexibility index (Phi) is 4.71. The van der Waals surface area contributed by atoms with Crippen molar-refractivity contribution >= 4 is 39.2 Å². The third kappa shape index (κ3) is 3.60. The predicted octanol–water partition coefficient (Wildman–Crippen LogP) is 2.62. The summed E-state index contributed by atoms with van der Waals surface area (Å²) < 4.78 is 0. The van der Waals surface area contributed by atoms with E-state index in [4.69, 9.17) is 0 Å². The van der Waals surface area contributed by atoms with Crippen LogP contribution in [0.3, 0.4) is 0 Å². The number of amides is 1. The van der Waals surface area contributed by atoms with Crippen LogP contribution in [0.4, 0.5) is 11.8 Å². The van der Waals surface area contributed by atoms with Gasteiger partial charge in [0.25, 0.3) is 5.95 Å². The molecule has 0 aliphatic carbocycles. The van der Waals surface area contributed by atoms with Gasteiger partial charge < -0.3 is 5.32 Å². The lowest BCUT2D eigenvalue weighted by Crippen LogP contribution is -2.17. The number of hydrogen-bond acceptors (Lipinski definition) is 8. The molecule has 0 aliphatic heterocycles. The molecule has 4 aromatic rings. The van der Waals surface area contributed by atoms with E-state index in [1.54, 1.807) is 11.3 Å². The molecule has 1 aromatic carbocycles. The van der Waals surface area contributed by atoms with Crippen molar-refractivity contribution in [1.82, 2.24) is 30.6 Å². The van der Waals surface area contributed by atoms with Gasteiger partial charge in [-0.25, -0.2) is 9.97 Å². The van der Waals surface area contributed by atoms with Gasteiger partial charge in [-0.15, -0.1) is 16.4 Å². The SMILES string of the molecule is Cc1sc2ncnc(NCCC(=O)Nc3nn[nH]n3)c2c1-c1ccccc1. The third-order valence-electron chi connectivity index (χ3n) is 3.97. The summed E-state index contributed by atoms with van der Waals surface area (Å²) in [4.78, 5) is 22.8. The van der Waals surface area contributed by atoms with Gasteiger partial charge in [-0.2, -0.15) is 5.21 Å². The maximum absolute atomic E-state index is 12.0. The molecule has 0 saturated heterocycles. The second-order valence-corrected chi connectivity index (χ2v) is 6.97. The zero-order valence-electron chi connectivity index (χ0n) is 14.4. The second kappa shape index (κ2) is 7.46. The quantitative estimate of drug-likeness (QED) is 0.470. The van der Waals surface area contributed by atoms with Gasteiger partial charge >= 0.3 is 0 Å². The molecule has 0 atom stereocenters.